The van der Waals surface area contributed by atoms with Gasteiger partial charge in [-0.1, -0.05) is 32.0 Å². The molecule has 0 radical (unpaired) electrons. The first-order valence-corrected chi connectivity index (χ1v) is 13.7. The number of benzene rings is 1. The van der Waals surface area contributed by atoms with Gasteiger partial charge in [-0.2, -0.15) is 4.98 Å². The molecule has 3 N–H and O–H groups in total. The number of piperazine rings is 1. The normalized spacial score (nSPS) is 19.2. The van der Waals surface area contributed by atoms with Gasteiger partial charge in [0.05, 0.1) is 6.54 Å². The molecular formula is C28H43F3N6O3. The van der Waals surface area contributed by atoms with Gasteiger partial charge in [0.1, 0.15) is 11.6 Å². The van der Waals surface area contributed by atoms with Gasteiger partial charge < -0.3 is 25.4 Å². The van der Waals surface area contributed by atoms with Crippen molar-refractivity contribution in [2.24, 2.45) is 5.92 Å². The summed E-state index contributed by atoms with van der Waals surface area (Å²) in [5.74, 6) is 1.41. The molecule has 1 amide bonds. The van der Waals surface area contributed by atoms with Gasteiger partial charge in [0.2, 0.25) is 11.9 Å². The number of nitrogens with zero attached hydrogens (tertiary/aromatic N) is 3. The summed E-state index contributed by atoms with van der Waals surface area (Å²) in [5, 5.41) is 9.29. The number of nitrogens with one attached hydrogen (secondary N) is 3. The zero-order valence-corrected chi connectivity index (χ0v) is 24.1. The van der Waals surface area contributed by atoms with Crippen LogP contribution < -0.4 is 20.7 Å². The van der Waals surface area contributed by atoms with Crippen molar-refractivity contribution in [1.82, 2.24) is 20.2 Å². The monoisotopic (exact) mass is 568 g/mol. The van der Waals surface area contributed by atoms with Crippen molar-refractivity contribution in [2.75, 3.05) is 51.0 Å². The Morgan fingerprint density at radius 1 is 1.10 bits per heavy atom. The molecule has 2 heterocycles. The SMILES string of the molecule is CC.COC.Cc1cnc(NCc2ccccc2OC(F)(F)F)nc1NCC1CCC(N2CCNC(=O)C2)CC1. The lowest BCUT2D eigenvalue weighted by Gasteiger charge is -2.38. The number of methoxy groups -OCH3 is 1. The second-order valence-corrected chi connectivity index (χ2v) is 9.52. The van der Waals surface area contributed by atoms with Crippen molar-refractivity contribution in [3.05, 3.63) is 41.6 Å². The Balaban J connectivity index is 0.00000105. The minimum Gasteiger partial charge on any atom is -0.405 e. The van der Waals surface area contributed by atoms with Crippen LogP contribution in [0.15, 0.2) is 30.5 Å². The van der Waals surface area contributed by atoms with Crippen molar-refractivity contribution < 1.29 is 27.4 Å². The zero-order chi connectivity index (χ0) is 29.5. The van der Waals surface area contributed by atoms with Crippen LogP contribution in [0.1, 0.15) is 50.7 Å². The number of aromatic nitrogens is 2. The van der Waals surface area contributed by atoms with E-state index in [1.54, 1.807) is 32.5 Å². The van der Waals surface area contributed by atoms with Crippen LogP contribution in [0.25, 0.3) is 0 Å². The van der Waals surface area contributed by atoms with E-state index in [1.165, 1.54) is 12.1 Å². The van der Waals surface area contributed by atoms with Crippen LogP contribution >= 0.6 is 0 Å². The first-order valence-electron chi connectivity index (χ1n) is 13.7. The van der Waals surface area contributed by atoms with Crippen molar-refractivity contribution in [2.45, 2.75) is 65.4 Å². The van der Waals surface area contributed by atoms with E-state index in [1.807, 2.05) is 20.8 Å². The number of hydrogen-bond donors (Lipinski definition) is 3. The van der Waals surface area contributed by atoms with Crippen molar-refractivity contribution in [1.29, 1.82) is 0 Å². The molecule has 2 aliphatic rings. The van der Waals surface area contributed by atoms with E-state index >= 15 is 0 Å². The molecule has 0 spiro atoms. The minimum absolute atomic E-state index is 0.0906. The zero-order valence-electron chi connectivity index (χ0n) is 24.1. The molecule has 1 aliphatic carbocycles. The number of alkyl halides is 3. The Kier molecular flexibility index (Phi) is 13.9. The van der Waals surface area contributed by atoms with Gasteiger partial charge >= 0.3 is 6.36 Å². The summed E-state index contributed by atoms with van der Waals surface area (Å²) in [6.07, 6.45) is 1.26. The number of carbonyl (C=O) groups excluding carboxylic acids is 1. The van der Waals surface area contributed by atoms with Crippen molar-refractivity contribution in [3.63, 3.8) is 0 Å². The first-order chi connectivity index (χ1) is 19.2. The molecule has 0 atom stereocenters. The third-order valence-electron chi connectivity index (χ3n) is 6.57. The van der Waals surface area contributed by atoms with E-state index in [-0.39, 0.29) is 18.2 Å². The van der Waals surface area contributed by atoms with E-state index < -0.39 is 6.36 Å². The fraction of sp³-hybridized carbons (Fsp3) is 0.607. The highest BCUT2D eigenvalue weighted by molar-refractivity contribution is 5.78. The highest BCUT2D eigenvalue weighted by atomic mass is 19.4. The number of ether oxygens (including phenoxy) is 2. The molecule has 4 rings (SSSR count). The van der Waals surface area contributed by atoms with Crippen LogP contribution in [-0.4, -0.2) is 73.6 Å². The van der Waals surface area contributed by atoms with Crippen LogP contribution in [-0.2, 0) is 16.1 Å². The number of para-hydroxylation sites is 1. The Hall–Kier alpha value is -3.12. The minimum atomic E-state index is -4.75. The number of hydrogen-bond acceptors (Lipinski definition) is 8. The van der Waals surface area contributed by atoms with Crippen molar-refractivity contribution in [3.8, 4) is 5.75 Å². The largest absolute Gasteiger partial charge is 0.573 e. The summed E-state index contributed by atoms with van der Waals surface area (Å²) in [5.41, 5.74) is 1.25. The summed E-state index contributed by atoms with van der Waals surface area (Å²) >= 11 is 0. The summed E-state index contributed by atoms with van der Waals surface area (Å²) in [7, 11) is 3.25. The molecule has 1 saturated heterocycles. The number of anilines is 2. The van der Waals surface area contributed by atoms with Crippen LogP contribution in [0.4, 0.5) is 24.9 Å². The topological polar surface area (TPSA) is 101 Å². The molecular weight excluding hydrogens is 525 g/mol. The summed E-state index contributed by atoms with van der Waals surface area (Å²) < 4.78 is 46.3. The molecule has 2 aromatic rings. The molecule has 224 valence electrons. The average Bonchev–Trinajstić information content (AvgIpc) is 2.93. The Bertz CT molecular complexity index is 1030. The quantitative estimate of drug-likeness (QED) is 0.410. The van der Waals surface area contributed by atoms with Gasteiger partial charge in [-0.15, -0.1) is 13.2 Å². The van der Waals surface area contributed by atoms with Crippen LogP contribution in [0, 0.1) is 12.8 Å². The molecule has 0 bridgehead atoms. The van der Waals surface area contributed by atoms with Gasteiger partial charge in [-0.25, -0.2) is 4.98 Å². The van der Waals surface area contributed by atoms with E-state index in [4.69, 9.17) is 0 Å². The van der Waals surface area contributed by atoms with E-state index in [0.29, 0.717) is 35.8 Å². The van der Waals surface area contributed by atoms with Crippen LogP contribution in [0.3, 0.4) is 0 Å². The Morgan fingerprint density at radius 3 is 2.42 bits per heavy atom. The van der Waals surface area contributed by atoms with Gasteiger partial charge in [-0.3, -0.25) is 9.69 Å². The summed E-state index contributed by atoms with van der Waals surface area (Å²) in [6.45, 7) is 8.93. The standard InChI is InChI=1S/C24H31F3N6O2.C2H6O.C2H6/c1-16-12-30-23(31-14-18-4-2-3-5-20(18)35-24(25,26)27)32-22(16)29-13-17-6-8-19(9-7-17)33-11-10-28-21(34)15-33;1-3-2;1-2/h2-5,12,17,19H,6-11,13-15H2,1H3,(H,28,34)(H2,29,30,31,32);1-2H3;1-2H3. The van der Waals surface area contributed by atoms with Crippen molar-refractivity contribution >= 4 is 17.7 Å². The molecule has 1 aliphatic heterocycles. The highest BCUT2D eigenvalue weighted by Gasteiger charge is 2.32. The molecule has 1 saturated carbocycles. The fourth-order valence-corrected chi connectivity index (χ4v) is 4.68. The molecule has 12 heteroatoms. The maximum Gasteiger partial charge on any atom is 0.573 e. The lowest BCUT2D eigenvalue weighted by Crippen LogP contribution is -2.52. The third kappa shape index (κ3) is 11.2. The summed E-state index contributed by atoms with van der Waals surface area (Å²) in [6, 6.07) is 6.46. The number of aryl methyl sites for hydroxylation is 1. The molecule has 1 aromatic heterocycles. The highest BCUT2D eigenvalue weighted by Crippen LogP contribution is 2.29. The third-order valence-corrected chi connectivity index (χ3v) is 6.57. The molecule has 2 fully saturated rings. The molecule has 0 unspecified atom stereocenters. The van der Waals surface area contributed by atoms with E-state index in [9.17, 15) is 18.0 Å². The van der Waals surface area contributed by atoms with E-state index in [2.05, 4.69) is 40.3 Å². The predicted octanol–water partition coefficient (Wildman–Crippen LogP) is 4.99. The number of amides is 1. The molecule has 40 heavy (non-hydrogen) atoms. The van der Waals surface area contributed by atoms with Crippen LogP contribution in [0.2, 0.25) is 0 Å². The summed E-state index contributed by atoms with van der Waals surface area (Å²) in [4.78, 5) is 22.7. The maximum atomic E-state index is 12.7. The smallest absolute Gasteiger partial charge is 0.405 e. The fourth-order valence-electron chi connectivity index (χ4n) is 4.68. The maximum absolute atomic E-state index is 12.7. The van der Waals surface area contributed by atoms with Gasteiger partial charge in [0, 0.05) is 63.8 Å². The van der Waals surface area contributed by atoms with Gasteiger partial charge in [0.25, 0.3) is 0 Å². The number of halogens is 3. The predicted molar refractivity (Wildman–Crippen MR) is 150 cm³/mol. The van der Waals surface area contributed by atoms with Gasteiger partial charge in [0.15, 0.2) is 0 Å². The Morgan fingerprint density at radius 2 is 1.77 bits per heavy atom. The lowest BCUT2D eigenvalue weighted by molar-refractivity contribution is -0.274. The average molecular weight is 569 g/mol. The molecule has 9 nitrogen and oxygen atoms in total. The first kappa shape index (κ1) is 33.1. The second-order valence-electron chi connectivity index (χ2n) is 9.52. The van der Waals surface area contributed by atoms with Crippen LogP contribution in [0.5, 0.6) is 5.75 Å². The Labute approximate surface area is 235 Å². The van der Waals surface area contributed by atoms with E-state index in [0.717, 1.165) is 50.9 Å². The van der Waals surface area contributed by atoms with Gasteiger partial charge in [-0.05, 0) is 44.6 Å². The second kappa shape index (κ2) is 16.9. The number of carbonyl (C=O) groups is 1. The number of rotatable bonds is 8. The lowest BCUT2D eigenvalue weighted by atomic mass is 9.85. The molecule has 1 aromatic carbocycles.